The van der Waals surface area contributed by atoms with Gasteiger partial charge in [0.2, 0.25) is 0 Å². The molecule has 0 spiro atoms. The van der Waals surface area contributed by atoms with Gasteiger partial charge < -0.3 is 19.1 Å². The molecule has 0 bridgehead atoms. The van der Waals surface area contributed by atoms with Crippen LogP contribution in [0.25, 0.3) is 0 Å². The van der Waals surface area contributed by atoms with E-state index < -0.39 is 5.60 Å². The fourth-order valence-corrected chi connectivity index (χ4v) is 3.78. The number of ether oxygens (including phenoxy) is 3. The van der Waals surface area contributed by atoms with Gasteiger partial charge in [0, 0.05) is 26.3 Å². The van der Waals surface area contributed by atoms with Gasteiger partial charge in [0.05, 0.1) is 13.0 Å². The van der Waals surface area contributed by atoms with Gasteiger partial charge in [0.15, 0.2) is 0 Å². The molecule has 144 valence electrons. The lowest BCUT2D eigenvalue weighted by molar-refractivity contribution is -0.149. The monoisotopic (exact) mass is 355 g/mol. The number of piperidine rings is 1. The van der Waals surface area contributed by atoms with E-state index in [1.165, 1.54) is 7.11 Å². The van der Waals surface area contributed by atoms with Crippen LogP contribution in [0.4, 0.5) is 4.79 Å². The van der Waals surface area contributed by atoms with Crippen LogP contribution in [0.3, 0.4) is 0 Å². The summed E-state index contributed by atoms with van der Waals surface area (Å²) in [6.45, 7) is 8.48. The van der Waals surface area contributed by atoms with Gasteiger partial charge in [-0.05, 0) is 64.7 Å². The Morgan fingerprint density at radius 3 is 2.24 bits per heavy atom. The summed E-state index contributed by atoms with van der Waals surface area (Å²) in [7, 11) is 1.47. The van der Waals surface area contributed by atoms with Crippen LogP contribution in [0, 0.1) is 17.8 Å². The first-order valence-corrected chi connectivity index (χ1v) is 9.43. The lowest BCUT2D eigenvalue weighted by atomic mass is 9.77. The summed E-state index contributed by atoms with van der Waals surface area (Å²) >= 11 is 0. The van der Waals surface area contributed by atoms with Crippen LogP contribution in [0.1, 0.15) is 52.9 Å². The second-order valence-electron chi connectivity index (χ2n) is 8.23. The van der Waals surface area contributed by atoms with Gasteiger partial charge in [-0.15, -0.1) is 0 Å². The predicted octanol–water partition coefficient (Wildman–Crippen LogP) is 3.24. The van der Waals surface area contributed by atoms with E-state index in [0.29, 0.717) is 19.0 Å². The number of methoxy groups -OCH3 is 1. The molecule has 6 nitrogen and oxygen atoms in total. The summed E-state index contributed by atoms with van der Waals surface area (Å²) in [5.74, 6) is 0.617. The first kappa shape index (κ1) is 20.0. The third-order valence-corrected chi connectivity index (χ3v) is 5.19. The topological polar surface area (TPSA) is 65.1 Å². The molecule has 1 unspecified atom stereocenters. The second-order valence-corrected chi connectivity index (χ2v) is 8.23. The highest BCUT2D eigenvalue weighted by molar-refractivity contribution is 5.73. The molecule has 2 heterocycles. The van der Waals surface area contributed by atoms with Gasteiger partial charge in [0.25, 0.3) is 0 Å². The van der Waals surface area contributed by atoms with Crippen LogP contribution in [-0.4, -0.2) is 56.0 Å². The number of nitrogens with zero attached hydrogens (tertiary/aromatic N) is 1. The van der Waals surface area contributed by atoms with E-state index in [-0.39, 0.29) is 23.9 Å². The highest BCUT2D eigenvalue weighted by atomic mass is 16.6. The van der Waals surface area contributed by atoms with Crippen molar-refractivity contribution in [1.29, 1.82) is 0 Å². The molecule has 2 aliphatic heterocycles. The minimum Gasteiger partial charge on any atom is -0.469 e. The Kier molecular flexibility index (Phi) is 7.11. The Morgan fingerprint density at radius 1 is 1.12 bits per heavy atom. The Morgan fingerprint density at radius 2 is 1.72 bits per heavy atom. The summed E-state index contributed by atoms with van der Waals surface area (Å²) in [5.41, 5.74) is -0.481. The number of carbonyl (C=O) groups is 2. The molecule has 6 heteroatoms. The van der Waals surface area contributed by atoms with Crippen LogP contribution >= 0.6 is 0 Å². The Balaban J connectivity index is 1.90. The van der Waals surface area contributed by atoms with E-state index in [9.17, 15) is 9.59 Å². The Labute approximate surface area is 151 Å². The number of carbonyl (C=O) groups excluding carboxylic acids is 2. The molecule has 2 fully saturated rings. The van der Waals surface area contributed by atoms with Crippen molar-refractivity contribution in [2.24, 2.45) is 17.8 Å². The molecule has 0 aliphatic carbocycles. The summed E-state index contributed by atoms with van der Waals surface area (Å²) in [6.07, 6.45) is 4.29. The van der Waals surface area contributed by atoms with E-state index in [4.69, 9.17) is 14.2 Å². The number of rotatable bonds is 4. The summed E-state index contributed by atoms with van der Waals surface area (Å²) in [6, 6.07) is 0. The standard InChI is InChI=1S/C19H33NO5/c1-19(2,3)25-18(22)20-9-5-15(6-10-20)16(17(21)23-4)13-14-7-11-24-12-8-14/h14-16H,5-13H2,1-4H3. The molecule has 0 N–H and O–H groups in total. The van der Waals surface area contributed by atoms with Crippen molar-refractivity contribution >= 4 is 12.1 Å². The van der Waals surface area contributed by atoms with E-state index in [1.807, 2.05) is 20.8 Å². The Hall–Kier alpha value is -1.30. The van der Waals surface area contributed by atoms with Gasteiger partial charge in [-0.3, -0.25) is 4.79 Å². The van der Waals surface area contributed by atoms with Gasteiger partial charge in [-0.25, -0.2) is 4.79 Å². The van der Waals surface area contributed by atoms with Crippen molar-refractivity contribution in [2.75, 3.05) is 33.4 Å². The van der Waals surface area contributed by atoms with Crippen LogP contribution in [0.2, 0.25) is 0 Å². The van der Waals surface area contributed by atoms with Crippen molar-refractivity contribution in [3.63, 3.8) is 0 Å². The Bertz CT molecular complexity index is 445. The normalized spacial score (nSPS) is 21.7. The lowest BCUT2D eigenvalue weighted by Crippen LogP contribution is -2.44. The number of hydrogen-bond acceptors (Lipinski definition) is 5. The third-order valence-electron chi connectivity index (χ3n) is 5.19. The summed E-state index contributed by atoms with van der Waals surface area (Å²) in [4.78, 5) is 26.3. The third kappa shape index (κ3) is 6.17. The molecule has 25 heavy (non-hydrogen) atoms. The number of esters is 1. The fraction of sp³-hybridized carbons (Fsp3) is 0.895. The number of hydrogen-bond donors (Lipinski definition) is 0. The molecule has 0 saturated carbocycles. The van der Waals surface area contributed by atoms with E-state index in [0.717, 1.165) is 45.3 Å². The molecular formula is C19H33NO5. The maximum absolute atomic E-state index is 12.3. The average Bonchev–Trinajstić information content (AvgIpc) is 2.58. The van der Waals surface area contributed by atoms with Crippen molar-refractivity contribution < 1.29 is 23.8 Å². The molecular weight excluding hydrogens is 322 g/mol. The zero-order valence-corrected chi connectivity index (χ0v) is 16.1. The van der Waals surface area contributed by atoms with Gasteiger partial charge in [-0.2, -0.15) is 0 Å². The van der Waals surface area contributed by atoms with Crippen molar-refractivity contribution in [1.82, 2.24) is 4.90 Å². The average molecular weight is 355 g/mol. The molecule has 0 aromatic heterocycles. The van der Waals surface area contributed by atoms with E-state index in [1.54, 1.807) is 4.90 Å². The molecule has 2 saturated heterocycles. The van der Waals surface area contributed by atoms with Crippen molar-refractivity contribution in [3.8, 4) is 0 Å². The largest absolute Gasteiger partial charge is 0.469 e. The maximum Gasteiger partial charge on any atom is 0.410 e. The molecule has 0 aromatic rings. The molecule has 1 atom stereocenters. The van der Waals surface area contributed by atoms with Gasteiger partial charge in [0.1, 0.15) is 5.60 Å². The molecule has 0 radical (unpaired) electrons. The zero-order chi connectivity index (χ0) is 18.4. The smallest absolute Gasteiger partial charge is 0.410 e. The minimum absolute atomic E-state index is 0.0751. The van der Waals surface area contributed by atoms with Crippen LogP contribution in [0.5, 0.6) is 0 Å². The second kappa shape index (κ2) is 8.88. The first-order valence-electron chi connectivity index (χ1n) is 9.43. The van der Waals surface area contributed by atoms with E-state index in [2.05, 4.69) is 0 Å². The predicted molar refractivity (Wildman–Crippen MR) is 94.2 cm³/mol. The minimum atomic E-state index is -0.481. The first-order chi connectivity index (χ1) is 11.8. The lowest BCUT2D eigenvalue weighted by Gasteiger charge is -2.37. The summed E-state index contributed by atoms with van der Waals surface area (Å²) < 4.78 is 15.9. The quantitative estimate of drug-likeness (QED) is 0.724. The van der Waals surface area contributed by atoms with Crippen molar-refractivity contribution in [3.05, 3.63) is 0 Å². The van der Waals surface area contributed by atoms with Gasteiger partial charge in [-0.1, -0.05) is 0 Å². The van der Waals surface area contributed by atoms with E-state index >= 15 is 0 Å². The van der Waals surface area contributed by atoms with Gasteiger partial charge >= 0.3 is 12.1 Å². The molecule has 0 aromatic carbocycles. The number of amides is 1. The molecule has 2 rings (SSSR count). The van der Waals surface area contributed by atoms with Crippen LogP contribution in [-0.2, 0) is 19.0 Å². The molecule has 2 aliphatic rings. The highest BCUT2D eigenvalue weighted by Gasteiger charge is 2.36. The highest BCUT2D eigenvalue weighted by Crippen LogP contribution is 2.34. The van der Waals surface area contributed by atoms with Crippen LogP contribution < -0.4 is 0 Å². The van der Waals surface area contributed by atoms with Crippen LogP contribution in [0.15, 0.2) is 0 Å². The zero-order valence-electron chi connectivity index (χ0n) is 16.1. The summed E-state index contributed by atoms with van der Waals surface area (Å²) in [5, 5.41) is 0. The maximum atomic E-state index is 12.3. The SMILES string of the molecule is COC(=O)C(CC1CCOCC1)C1CCN(C(=O)OC(C)(C)C)CC1. The number of likely N-dealkylation sites (tertiary alicyclic amines) is 1. The molecule has 1 amide bonds. The fourth-order valence-electron chi connectivity index (χ4n) is 3.78. The van der Waals surface area contributed by atoms with Crippen molar-refractivity contribution in [2.45, 2.75) is 58.5 Å².